The number of ether oxygens (including phenoxy) is 2. The highest BCUT2D eigenvalue weighted by Gasteiger charge is 2.39. The molecule has 2 aromatic rings. The summed E-state index contributed by atoms with van der Waals surface area (Å²) in [4.78, 5) is 59.8. The summed E-state index contributed by atoms with van der Waals surface area (Å²) in [6.07, 6.45) is 5.06. The average molecular weight is 647 g/mol. The predicted molar refractivity (Wildman–Crippen MR) is 173 cm³/mol. The maximum Gasteiger partial charge on any atom is 0.271 e. The molecule has 0 bridgehead atoms. The molecule has 2 unspecified atom stereocenters. The van der Waals surface area contributed by atoms with Gasteiger partial charge in [-0.05, 0) is 44.9 Å². The second-order valence-corrected chi connectivity index (χ2v) is 12.2. The van der Waals surface area contributed by atoms with Crippen LogP contribution < -0.4 is 15.4 Å². The number of likely N-dealkylation sites (tertiary alicyclic amines) is 1. The second kappa shape index (κ2) is 14.8. The van der Waals surface area contributed by atoms with Crippen LogP contribution in [-0.2, 0) is 21.4 Å². The SMILES string of the molecule is CNC(C)C(=O)NC(C(=O)N1CCN(C(=O)c2c(C(=O)N3CC(OC)C3)c3ccc(OC)cc3n2C)CC1)C1CCCCC1.Cl. The molecule has 3 aliphatic rings. The Morgan fingerprint density at radius 3 is 2.16 bits per heavy atom. The van der Waals surface area contributed by atoms with Crippen LogP contribution in [0.1, 0.15) is 59.9 Å². The van der Waals surface area contributed by atoms with Gasteiger partial charge in [-0.15, -0.1) is 12.4 Å². The van der Waals surface area contributed by atoms with Crippen LogP contribution in [0.4, 0.5) is 0 Å². The third-order valence-corrected chi connectivity index (χ3v) is 9.68. The summed E-state index contributed by atoms with van der Waals surface area (Å²) in [5.41, 5.74) is 1.43. The molecule has 248 valence electrons. The number of hydrogen-bond donors (Lipinski definition) is 2. The van der Waals surface area contributed by atoms with Gasteiger partial charge in [0.1, 0.15) is 17.5 Å². The highest BCUT2D eigenvalue weighted by atomic mass is 35.5. The molecule has 3 heterocycles. The lowest BCUT2D eigenvalue weighted by molar-refractivity contribution is -0.140. The number of rotatable bonds is 9. The summed E-state index contributed by atoms with van der Waals surface area (Å²) < 4.78 is 12.6. The van der Waals surface area contributed by atoms with Gasteiger partial charge in [0.2, 0.25) is 11.8 Å². The summed E-state index contributed by atoms with van der Waals surface area (Å²) in [6.45, 7) is 4.10. The number of hydrogen-bond acceptors (Lipinski definition) is 7. The molecule has 1 aromatic carbocycles. The first-order valence-electron chi connectivity index (χ1n) is 15.7. The van der Waals surface area contributed by atoms with E-state index in [1.165, 1.54) is 0 Å². The van der Waals surface area contributed by atoms with Gasteiger partial charge in [-0.3, -0.25) is 19.2 Å². The van der Waals surface area contributed by atoms with Crippen LogP contribution in [0.15, 0.2) is 18.2 Å². The highest BCUT2D eigenvalue weighted by molar-refractivity contribution is 6.16. The lowest BCUT2D eigenvalue weighted by Crippen LogP contribution is -2.59. The molecule has 2 saturated heterocycles. The van der Waals surface area contributed by atoms with Crippen molar-refractivity contribution in [3.05, 3.63) is 29.5 Å². The molecule has 1 saturated carbocycles. The third-order valence-electron chi connectivity index (χ3n) is 9.68. The first kappa shape index (κ1) is 34.5. The molecule has 0 radical (unpaired) electrons. The van der Waals surface area contributed by atoms with E-state index in [0.717, 1.165) is 37.6 Å². The van der Waals surface area contributed by atoms with Crippen LogP contribution in [0.5, 0.6) is 5.75 Å². The Labute approximate surface area is 271 Å². The molecule has 0 spiro atoms. The Bertz CT molecular complexity index is 1390. The summed E-state index contributed by atoms with van der Waals surface area (Å²) in [6, 6.07) is 4.48. The highest BCUT2D eigenvalue weighted by Crippen LogP contribution is 2.32. The lowest BCUT2D eigenvalue weighted by Gasteiger charge is -2.39. The van der Waals surface area contributed by atoms with E-state index < -0.39 is 12.1 Å². The van der Waals surface area contributed by atoms with Crippen molar-refractivity contribution in [2.75, 3.05) is 60.5 Å². The van der Waals surface area contributed by atoms with Gasteiger partial charge >= 0.3 is 0 Å². The van der Waals surface area contributed by atoms with E-state index in [0.29, 0.717) is 61.7 Å². The molecule has 13 heteroatoms. The Balaban J connectivity index is 0.00000461. The molecule has 12 nitrogen and oxygen atoms in total. The van der Waals surface area contributed by atoms with E-state index >= 15 is 0 Å². The molecular formula is C32H47ClN6O6. The smallest absolute Gasteiger partial charge is 0.271 e. The number of amides is 4. The number of methoxy groups -OCH3 is 2. The van der Waals surface area contributed by atoms with Crippen molar-refractivity contribution < 1.29 is 28.7 Å². The predicted octanol–water partition coefficient (Wildman–Crippen LogP) is 2.04. The molecule has 1 aromatic heterocycles. The minimum absolute atomic E-state index is 0. The van der Waals surface area contributed by atoms with Gasteiger partial charge in [0, 0.05) is 64.9 Å². The normalized spacial score (nSPS) is 19.0. The summed E-state index contributed by atoms with van der Waals surface area (Å²) >= 11 is 0. The zero-order valence-corrected chi connectivity index (χ0v) is 27.8. The first-order valence-corrected chi connectivity index (χ1v) is 15.7. The zero-order chi connectivity index (χ0) is 31.5. The summed E-state index contributed by atoms with van der Waals surface area (Å²) in [5, 5.41) is 6.68. The van der Waals surface area contributed by atoms with Crippen LogP contribution in [0.3, 0.4) is 0 Å². The van der Waals surface area contributed by atoms with Gasteiger partial charge in [-0.2, -0.15) is 0 Å². The van der Waals surface area contributed by atoms with E-state index in [1.54, 1.807) is 60.6 Å². The van der Waals surface area contributed by atoms with Crippen LogP contribution in [-0.4, -0.2) is 122 Å². The second-order valence-electron chi connectivity index (χ2n) is 12.2. The number of halogens is 1. The molecular weight excluding hydrogens is 600 g/mol. The number of aryl methyl sites for hydroxylation is 1. The monoisotopic (exact) mass is 646 g/mol. The fourth-order valence-corrected chi connectivity index (χ4v) is 6.66. The zero-order valence-electron chi connectivity index (χ0n) is 27.0. The van der Waals surface area contributed by atoms with E-state index in [1.807, 2.05) is 12.1 Å². The number of likely N-dealkylation sites (N-methyl/N-ethyl adjacent to an activating group) is 1. The third kappa shape index (κ3) is 6.92. The molecule has 45 heavy (non-hydrogen) atoms. The maximum absolute atomic E-state index is 14.1. The minimum Gasteiger partial charge on any atom is -0.497 e. The van der Waals surface area contributed by atoms with Crippen LogP contribution >= 0.6 is 12.4 Å². The van der Waals surface area contributed by atoms with Gasteiger partial charge in [0.05, 0.1) is 30.3 Å². The average Bonchev–Trinajstić information content (AvgIpc) is 3.33. The Kier molecular flexibility index (Phi) is 11.4. The molecule has 4 amide bonds. The van der Waals surface area contributed by atoms with Crippen LogP contribution in [0.2, 0.25) is 0 Å². The molecule has 2 aliphatic heterocycles. The fraction of sp³-hybridized carbons (Fsp3) is 0.625. The molecule has 2 N–H and O–H groups in total. The van der Waals surface area contributed by atoms with Gasteiger partial charge in [-0.1, -0.05) is 19.3 Å². The Hall–Kier alpha value is -3.35. The number of fused-ring (bicyclic) bond motifs is 1. The first-order chi connectivity index (χ1) is 21.2. The molecule has 3 fully saturated rings. The minimum atomic E-state index is -0.578. The number of benzene rings is 1. The maximum atomic E-state index is 14.1. The lowest BCUT2D eigenvalue weighted by atomic mass is 9.83. The molecule has 1 aliphatic carbocycles. The molecule has 5 rings (SSSR count). The van der Waals surface area contributed by atoms with Gasteiger partial charge in [0.25, 0.3) is 11.8 Å². The number of aromatic nitrogens is 1. The van der Waals surface area contributed by atoms with E-state index in [9.17, 15) is 19.2 Å². The van der Waals surface area contributed by atoms with Crippen LogP contribution in [0.25, 0.3) is 10.9 Å². The Morgan fingerprint density at radius 1 is 0.911 bits per heavy atom. The van der Waals surface area contributed by atoms with Crippen molar-refractivity contribution in [1.82, 2.24) is 29.9 Å². The van der Waals surface area contributed by atoms with E-state index in [-0.39, 0.29) is 48.1 Å². The number of carbonyl (C=O) groups is 4. The number of nitrogens with zero attached hydrogens (tertiary/aromatic N) is 4. The summed E-state index contributed by atoms with van der Waals surface area (Å²) in [5.74, 6) is 0.0161. The van der Waals surface area contributed by atoms with Gasteiger partial charge < -0.3 is 39.4 Å². The topological polar surface area (TPSA) is 125 Å². The van der Waals surface area contributed by atoms with Crippen molar-refractivity contribution >= 4 is 46.9 Å². The number of carbonyl (C=O) groups excluding carboxylic acids is 4. The molecule has 2 atom stereocenters. The van der Waals surface area contributed by atoms with Gasteiger partial charge in [-0.25, -0.2) is 0 Å². The quantitative estimate of drug-likeness (QED) is 0.427. The van der Waals surface area contributed by atoms with Crippen molar-refractivity contribution in [1.29, 1.82) is 0 Å². The standard InChI is InChI=1S/C32H46N6O6.ClH/c1-20(33-2)29(39)34-27(21-9-7-6-8-10-21)31(41)36-13-15-37(16-14-36)32(42)28-26(30(40)38-18-23(19-38)44-5)24-12-11-22(43-4)17-25(24)35(28)3;/h11-12,17,20-21,23,27,33H,6-10,13-16,18-19H2,1-5H3,(H,34,39);1H. The van der Waals surface area contributed by atoms with E-state index in [4.69, 9.17) is 9.47 Å². The van der Waals surface area contributed by atoms with Crippen molar-refractivity contribution in [3.63, 3.8) is 0 Å². The summed E-state index contributed by atoms with van der Waals surface area (Å²) in [7, 11) is 6.73. The largest absolute Gasteiger partial charge is 0.497 e. The number of nitrogens with one attached hydrogen (secondary N) is 2. The van der Waals surface area contributed by atoms with Crippen LogP contribution in [0, 0.1) is 5.92 Å². The van der Waals surface area contributed by atoms with Crippen molar-refractivity contribution in [2.45, 2.75) is 57.2 Å². The van der Waals surface area contributed by atoms with E-state index in [2.05, 4.69) is 10.6 Å². The number of piperazine rings is 1. The van der Waals surface area contributed by atoms with Crippen molar-refractivity contribution in [2.24, 2.45) is 13.0 Å². The Morgan fingerprint density at radius 2 is 1.56 bits per heavy atom. The van der Waals surface area contributed by atoms with Gasteiger partial charge in [0.15, 0.2) is 0 Å². The van der Waals surface area contributed by atoms with Crippen molar-refractivity contribution in [3.8, 4) is 5.75 Å². The fourth-order valence-electron chi connectivity index (χ4n) is 6.66.